The molecule has 3 N–H and O–H groups in total. The number of ketones is 1. The minimum Gasteiger partial charge on any atom is -0.483 e. The van der Waals surface area contributed by atoms with Gasteiger partial charge in [0.15, 0.2) is 10.7 Å². The lowest BCUT2D eigenvalue weighted by Crippen LogP contribution is -2.41. The van der Waals surface area contributed by atoms with E-state index in [1.807, 2.05) is 32.0 Å². The van der Waals surface area contributed by atoms with Crippen molar-refractivity contribution in [3.8, 4) is 0 Å². The van der Waals surface area contributed by atoms with E-state index < -0.39 is 53.1 Å². The molecule has 220 valence electrons. The lowest BCUT2D eigenvalue weighted by atomic mass is 9.73. The van der Waals surface area contributed by atoms with E-state index in [-0.39, 0.29) is 17.9 Å². The van der Waals surface area contributed by atoms with Crippen LogP contribution in [0.15, 0.2) is 74.9 Å². The lowest BCUT2D eigenvalue weighted by molar-refractivity contribution is -0.120. The summed E-state index contributed by atoms with van der Waals surface area (Å²) in [7, 11) is -8.81. The number of hydrogen-bond acceptors (Lipinski definition) is 8. The molecule has 0 spiro atoms. The second kappa shape index (κ2) is 9.36. The third-order valence-corrected chi connectivity index (χ3v) is 10.2. The van der Waals surface area contributed by atoms with E-state index in [2.05, 4.69) is 22.3 Å². The van der Waals surface area contributed by atoms with E-state index in [0.29, 0.717) is 25.0 Å². The van der Waals surface area contributed by atoms with Crippen LogP contribution in [0.4, 0.5) is 5.69 Å². The van der Waals surface area contributed by atoms with Crippen molar-refractivity contribution in [2.24, 2.45) is 0 Å². The summed E-state index contributed by atoms with van der Waals surface area (Å²) < 4.78 is 74.2. The first-order valence-electron chi connectivity index (χ1n) is 13.3. The highest BCUT2D eigenvalue weighted by Crippen LogP contribution is 2.57. The van der Waals surface area contributed by atoms with Crippen molar-refractivity contribution in [2.75, 3.05) is 18.5 Å². The summed E-state index contributed by atoms with van der Waals surface area (Å²) in [6, 6.07) is 10.3. The zero-order chi connectivity index (χ0) is 30.4. The minimum absolute atomic E-state index is 0.0967. The number of ether oxygens (including phenoxy) is 1. The van der Waals surface area contributed by atoms with Gasteiger partial charge in [-0.3, -0.25) is 18.7 Å². The highest BCUT2D eigenvalue weighted by Gasteiger charge is 2.51. The van der Waals surface area contributed by atoms with Crippen LogP contribution in [-0.2, 0) is 40.0 Å². The molecule has 1 amide bonds. The number of Topliss-reactive ketones (excluding diaryl/α,β-unsaturated/α-hetero) is 1. The molecule has 4 aliphatic rings. The number of nitrogens with zero attached hydrogens (tertiary/aromatic N) is 1. The second-order valence-corrected chi connectivity index (χ2v) is 13.8. The van der Waals surface area contributed by atoms with Crippen molar-refractivity contribution in [3.63, 3.8) is 0 Å². The summed E-state index contributed by atoms with van der Waals surface area (Å²) in [6.07, 6.45) is 2.67. The van der Waals surface area contributed by atoms with E-state index >= 15 is 0 Å². The van der Waals surface area contributed by atoms with Gasteiger partial charge in [0, 0.05) is 54.4 Å². The van der Waals surface area contributed by atoms with Crippen LogP contribution in [0.3, 0.4) is 0 Å². The van der Waals surface area contributed by atoms with Gasteiger partial charge in [-0.25, -0.2) is 0 Å². The van der Waals surface area contributed by atoms with Crippen LogP contribution in [0.1, 0.15) is 37.3 Å². The fourth-order valence-corrected chi connectivity index (χ4v) is 8.06. The third-order valence-electron chi connectivity index (χ3n) is 8.45. The van der Waals surface area contributed by atoms with Gasteiger partial charge < -0.3 is 15.0 Å². The second-order valence-electron chi connectivity index (χ2n) is 11.1. The molecule has 11 nitrogen and oxygen atoms in total. The Balaban J connectivity index is 1.65. The molecule has 1 aliphatic carbocycles. The van der Waals surface area contributed by atoms with E-state index in [0.717, 1.165) is 39.4 Å². The number of aryl methyl sites for hydroxylation is 1. The maximum Gasteiger partial charge on any atom is 0.302 e. The summed E-state index contributed by atoms with van der Waals surface area (Å²) in [5.41, 5.74) is 3.69. The molecule has 2 atom stereocenters. The molecular weight excluding hydrogens is 584 g/mol. The van der Waals surface area contributed by atoms with Crippen molar-refractivity contribution in [1.29, 1.82) is 0 Å². The molecule has 42 heavy (non-hydrogen) atoms. The highest BCUT2D eigenvalue weighted by molar-refractivity contribution is 7.93. The first-order valence-corrected chi connectivity index (χ1v) is 16.1. The minimum atomic E-state index is -5.23. The molecule has 3 aliphatic heterocycles. The Kier molecular flexibility index (Phi) is 6.32. The number of anilines is 1. The van der Waals surface area contributed by atoms with Gasteiger partial charge in [-0.2, -0.15) is 16.8 Å². The summed E-state index contributed by atoms with van der Waals surface area (Å²) in [4.78, 5) is 25.0. The van der Waals surface area contributed by atoms with Crippen LogP contribution in [0.25, 0.3) is 10.8 Å². The molecular formula is C29H28N2O9S2. The zero-order valence-electron chi connectivity index (χ0n) is 23.0. The van der Waals surface area contributed by atoms with E-state index in [4.69, 9.17) is 4.74 Å². The third kappa shape index (κ3) is 4.22. The number of nitrogens with one attached hydrogen (secondary N) is 1. The molecule has 0 radical (unpaired) electrons. The molecule has 3 heterocycles. The molecule has 13 heteroatoms. The first-order chi connectivity index (χ1) is 19.6. The van der Waals surface area contributed by atoms with Gasteiger partial charge in [-0.05, 0) is 54.8 Å². The molecule has 0 fully saturated rings. The van der Waals surface area contributed by atoms with Gasteiger partial charge in [-0.1, -0.05) is 29.8 Å². The van der Waals surface area contributed by atoms with Gasteiger partial charge in [0.2, 0.25) is 11.7 Å². The molecule has 2 unspecified atom stereocenters. The number of benzene rings is 2. The fraction of sp³-hybridized carbons (Fsp3) is 0.310. The van der Waals surface area contributed by atoms with Crippen LogP contribution in [0, 0.1) is 6.92 Å². The average Bonchev–Trinajstić information content (AvgIpc) is 3.17. The number of carbonyl (C=O) groups is 2. The van der Waals surface area contributed by atoms with E-state index in [9.17, 15) is 35.5 Å². The number of rotatable bonds is 5. The van der Waals surface area contributed by atoms with Crippen LogP contribution < -0.4 is 10.2 Å². The predicted octanol–water partition coefficient (Wildman–Crippen LogP) is 3.19. The number of allylic oxidation sites excluding steroid dienone is 4. The quantitative estimate of drug-likeness (QED) is 0.427. The topological polar surface area (TPSA) is 167 Å². The molecule has 0 bridgehead atoms. The van der Waals surface area contributed by atoms with Gasteiger partial charge in [0.05, 0.1) is 0 Å². The van der Waals surface area contributed by atoms with Crippen LogP contribution >= 0.6 is 0 Å². The van der Waals surface area contributed by atoms with Gasteiger partial charge in [0.25, 0.3) is 10.1 Å². The van der Waals surface area contributed by atoms with Crippen LogP contribution in [0.5, 0.6) is 0 Å². The number of amides is 1. The Hall–Kier alpha value is -3.78. The normalized spacial score (nSPS) is 23.5. The first kappa shape index (κ1) is 28.3. The fourth-order valence-electron chi connectivity index (χ4n) is 6.64. The van der Waals surface area contributed by atoms with Crippen molar-refractivity contribution in [2.45, 2.75) is 44.6 Å². The summed E-state index contributed by atoms with van der Waals surface area (Å²) in [6.45, 7) is 4.52. The Morgan fingerprint density at radius 3 is 2.52 bits per heavy atom. The molecule has 0 aromatic heterocycles. The molecule has 0 saturated carbocycles. The Bertz CT molecular complexity index is 1970. The zero-order valence-corrected chi connectivity index (χ0v) is 24.6. The Labute approximate surface area is 242 Å². The van der Waals surface area contributed by atoms with Gasteiger partial charge >= 0.3 is 10.1 Å². The highest BCUT2D eigenvalue weighted by atomic mass is 32.2. The largest absolute Gasteiger partial charge is 0.483 e. The van der Waals surface area contributed by atoms with E-state index in [1.54, 1.807) is 13.1 Å². The summed E-state index contributed by atoms with van der Waals surface area (Å²) in [5.74, 6) is -2.19. The number of carbonyl (C=O) groups excluding carboxylic acids is 2. The number of hydrogen-bond donors (Lipinski definition) is 3. The number of fused-ring (bicyclic) bond motifs is 7. The predicted molar refractivity (Wildman–Crippen MR) is 154 cm³/mol. The van der Waals surface area contributed by atoms with Crippen molar-refractivity contribution >= 4 is 48.4 Å². The van der Waals surface area contributed by atoms with Crippen LogP contribution in [0.2, 0.25) is 0 Å². The van der Waals surface area contributed by atoms with E-state index in [1.165, 1.54) is 0 Å². The van der Waals surface area contributed by atoms with Crippen molar-refractivity contribution in [3.05, 3.63) is 86.0 Å². The molecule has 2 aromatic carbocycles. The maximum atomic E-state index is 12.8. The van der Waals surface area contributed by atoms with Crippen LogP contribution in [-0.4, -0.2) is 57.3 Å². The van der Waals surface area contributed by atoms with Gasteiger partial charge in [0.1, 0.15) is 11.0 Å². The monoisotopic (exact) mass is 612 g/mol. The van der Waals surface area contributed by atoms with Crippen molar-refractivity contribution in [1.82, 2.24) is 5.32 Å². The Morgan fingerprint density at radius 1 is 1.12 bits per heavy atom. The molecule has 0 saturated heterocycles. The molecule has 6 rings (SSSR count). The molecule has 2 aromatic rings. The summed E-state index contributed by atoms with van der Waals surface area (Å²) >= 11 is 0. The summed E-state index contributed by atoms with van der Waals surface area (Å²) in [5, 5.41) is 4.73. The van der Waals surface area contributed by atoms with Gasteiger partial charge in [-0.15, -0.1) is 0 Å². The SMILES string of the molecule is CNC(=O)CCC1(C)C2=C3C=C4C=C(S(=O)(=O)O)C(=O)C(S(=O)(=O)O)=C4OC3CCN2c2ccc3cc(C)ccc3c21. The average molecular weight is 613 g/mol. The maximum absolute atomic E-state index is 12.8. The Morgan fingerprint density at radius 2 is 1.86 bits per heavy atom. The lowest BCUT2D eigenvalue weighted by Gasteiger charge is -2.41. The smallest absolute Gasteiger partial charge is 0.302 e. The standard InChI is InChI=1S/C29H28N2O9S2/c1-15-4-6-18-16(12-15)5-7-20-24(18)29(2,10-8-23(32)30-3)28-19-13-17-14-22(41(34,35)36)25(33)27(42(37,38)39)26(17)40-21(19)9-11-31(20)28/h4-7,12-14,21H,8-11H2,1-3H3,(H,30,32)(H,34,35,36)(H,37,38,39). The van der Waals surface area contributed by atoms with Crippen molar-refractivity contribution < 1.29 is 40.3 Å².